The first-order valence-electron chi connectivity index (χ1n) is 7.97. The molecule has 1 aliphatic carbocycles. The molecule has 2 fully saturated rings. The van der Waals surface area contributed by atoms with E-state index < -0.39 is 5.97 Å². The van der Waals surface area contributed by atoms with Crippen LogP contribution < -0.4 is 4.74 Å². The van der Waals surface area contributed by atoms with Gasteiger partial charge in [0.1, 0.15) is 5.75 Å². The molecule has 6 heteroatoms. The number of aliphatic carboxylic acids is 1. The maximum absolute atomic E-state index is 12.7. The Morgan fingerprint density at radius 3 is 2.65 bits per heavy atom. The van der Waals surface area contributed by atoms with Gasteiger partial charge in [-0.05, 0) is 43.0 Å². The van der Waals surface area contributed by atoms with Crippen LogP contribution in [0.5, 0.6) is 5.75 Å². The molecular formula is C17H21NO4S. The predicted octanol–water partition coefficient (Wildman–Crippen LogP) is 2.51. The Morgan fingerprint density at radius 1 is 1.26 bits per heavy atom. The predicted molar refractivity (Wildman–Crippen MR) is 89.1 cm³/mol. The second kappa shape index (κ2) is 7.25. The van der Waals surface area contributed by atoms with Crippen molar-refractivity contribution in [2.45, 2.75) is 25.3 Å². The zero-order valence-electron chi connectivity index (χ0n) is 12.9. The average molecular weight is 335 g/mol. The molecule has 1 saturated heterocycles. The van der Waals surface area contributed by atoms with E-state index in [-0.39, 0.29) is 18.4 Å². The number of benzene rings is 1. The lowest BCUT2D eigenvalue weighted by Crippen LogP contribution is -2.47. The van der Waals surface area contributed by atoms with Gasteiger partial charge in [-0.25, -0.2) is 0 Å². The van der Waals surface area contributed by atoms with E-state index >= 15 is 0 Å². The highest BCUT2D eigenvalue weighted by atomic mass is 32.2. The molecule has 0 radical (unpaired) electrons. The number of carboxylic acids is 1. The number of ether oxygens (including phenoxy) is 1. The Morgan fingerprint density at radius 2 is 2.00 bits per heavy atom. The van der Waals surface area contributed by atoms with Gasteiger partial charge in [-0.15, -0.1) is 0 Å². The molecule has 2 aliphatic rings. The summed E-state index contributed by atoms with van der Waals surface area (Å²) in [7, 11) is 0. The number of carbonyl (C=O) groups is 2. The van der Waals surface area contributed by atoms with Gasteiger partial charge in [0.15, 0.2) is 0 Å². The van der Waals surface area contributed by atoms with Crippen LogP contribution in [0.25, 0.3) is 0 Å². The minimum atomic E-state index is -0.862. The van der Waals surface area contributed by atoms with Gasteiger partial charge in [0.25, 0.3) is 5.91 Å². The number of hydrogen-bond acceptors (Lipinski definition) is 4. The molecule has 1 N–H and O–H groups in total. The van der Waals surface area contributed by atoms with Crippen LogP contribution in [0.3, 0.4) is 0 Å². The van der Waals surface area contributed by atoms with Gasteiger partial charge in [0.2, 0.25) is 0 Å². The van der Waals surface area contributed by atoms with Crippen LogP contribution in [-0.4, -0.2) is 52.6 Å². The molecule has 1 aromatic carbocycles. The summed E-state index contributed by atoms with van der Waals surface area (Å²) >= 11 is 1.70. The summed E-state index contributed by atoms with van der Waals surface area (Å²) in [5.41, 5.74) is 0.589. The smallest absolute Gasteiger partial charge is 0.305 e. The third-order valence-electron chi connectivity index (χ3n) is 4.18. The van der Waals surface area contributed by atoms with E-state index in [1.807, 2.05) is 12.1 Å². The summed E-state index contributed by atoms with van der Waals surface area (Å²) < 4.78 is 5.68. The Hall–Kier alpha value is -1.69. The molecule has 1 aliphatic heterocycles. The lowest BCUT2D eigenvalue weighted by Gasteiger charge is -2.34. The van der Waals surface area contributed by atoms with Crippen molar-refractivity contribution in [3.63, 3.8) is 0 Å². The summed E-state index contributed by atoms with van der Waals surface area (Å²) in [5.74, 6) is 2.05. The second-order valence-corrected chi connectivity index (χ2v) is 7.25. The summed E-state index contributed by atoms with van der Waals surface area (Å²) in [4.78, 5) is 25.3. The van der Waals surface area contributed by atoms with Crippen molar-refractivity contribution in [3.05, 3.63) is 29.8 Å². The minimum Gasteiger partial charge on any atom is -0.493 e. The molecule has 1 aromatic rings. The Balaban J connectivity index is 1.63. The van der Waals surface area contributed by atoms with Crippen LogP contribution in [0.1, 0.15) is 29.6 Å². The van der Waals surface area contributed by atoms with Crippen LogP contribution in [-0.2, 0) is 4.79 Å². The number of rotatable bonds is 6. The van der Waals surface area contributed by atoms with E-state index in [1.54, 1.807) is 28.8 Å². The molecule has 1 unspecified atom stereocenters. The van der Waals surface area contributed by atoms with Crippen molar-refractivity contribution < 1.29 is 19.4 Å². The van der Waals surface area contributed by atoms with E-state index in [2.05, 4.69) is 0 Å². The molecule has 1 saturated carbocycles. The molecule has 124 valence electrons. The Labute approximate surface area is 140 Å². The molecule has 3 rings (SSSR count). The SMILES string of the molecule is O=C(O)CC1CSCCN1C(=O)c1ccc(OCC2CC2)cc1. The topological polar surface area (TPSA) is 66.8 Å². The highest BCUT2D eigenvalue weighted by Crippen LogP contribution is 2.29. The van der Waals surface area contributed by atoms with Crippen LogP contribution in [0.15, 0.2) is 24.3 Å². The number of carbonyl (C=O) groups excluding carboxylic acids is 1. The Bertz CT molecular complexity index is 570. The van der Waals surface area contributed by atoms with Gasteiger partial charge in [-0.3, -0.25) is 9.59 Å². The fraction of sp³-hybridized carbons (Fsp3) is 0.529. The first-order valence-corrected chi connectivity index (χ1v) is 9.12. The zero-order valence-corrected chi connectivity index (χ0v) is 13.8. The third kappa shape index (κ3) is 4.41. The van der Waals surface area contributed by atoms with Crippen molar-refractivity contribution in [2.75, 3.05) is 24.7 Å². The number of thioether (sulfide) groups is 1. The fourth-order valence-corrected chi connectivity index (χ4v) is 3.71. The maximum atomic E-state index is 12.7. The molecule has 1 amide bonds. The van der Waals surface area contributed by atoms with Gasteiger partial charge < -0.3 is 14.7 Å². The molecule has 1 heterocycles. The Kier molecular flexibility index (Phi) is 5.10. The third-order valence-corrected chi connectivity index (χ3v) is 5.27. The van der Waals surface area contributed by atoms with Crippen LogP contribution in [0.2, 0.25) is 0 Å². The van der Waals surface area contributed by atoms with Crippen molar-refractivity contribution in [1.29, 1.82) is 0 Å². The molecule has 0 spiro atoms. The van der Waals surface area contributed by atoms with Gasteiger partial charge >= 0.3 is 5.97 Å². The number of amides is 1. The van der Waals surface area contributed by atoms with Crippen molar-refractivity contribution >= 4 is 23.6 Å². The van der Waals surface area contributed by atoms with E-state index in [4.69, 9.17) is 9.84 Å². The van der Waals surface area contributed by atoms with Gasteiger partial charge in [0, 0.05) is 23.6 Å². The lowest BCUT2D eigenvalue weighted by atomic mass is 10.1. The van der Waals surface area contributed by atoms with Crippen LogP contribution >= 0.6 is 11.8 Å². The highest BCUT2D eigenvalue weighted by molar-refractivity contribution is 7.99. The standard InChI is InChI=1S/C17H21NO4S/c19-16(20)9-14-11-23-8-7-18(14)17(21)13-3-5-15(6-4-13)22-10-12-1-2-12/h3-6,12,14H,1-2,7-11H2,(H,19,20). The first-order chi connectivity index (χ1) is 11.1. The summed E-state index contributed by atoms with van der Waals surface area (Å²) in [6.45, 7) is 1.35. The molecule has 23 heavy (non-hydrogen) atoms. The van der Waals surface area contributed by atoms with Crippen molar-refractivity contribution in [3.8, 4) is 5.75 Å². The summed E-state index contributed by atoms with van der Waals surface area (Å²) in [6, 6.07) is 6.94. The minimum absolute atomic E-state index is 0.00131. The van der Waals surface area contributed by atoms with Gasteiger partial charge in [-0.2, -0.15) is 11.8 Å². The van der Waals surface area contributed by atoms with Crippen molar-refractivity contribution in [1.82, 2.24) is 4.90 Å². The molecule has 5 nitrogen and oxygen atoms in total. The van der Waals surface area contributed by atoms with Crippen LogP contribution in [0.4, 0.5) is 0 Å². The zero-order chi connectivity index (χ0) is 16.2. The summed E-state index contributed by atoms with van der Waals surface area (Å²) in [5, 5.41) is 9.02. The normalized spacial score (nSPS) is 21.0. The van der Waals surface area contributed by atoms with Gasteiger partial charge in [-0.1, -0.05) is 0 Å². The van der Waals surface area contributed by atoms with E-state index in [0.29, 0.717) is 23.8 Å². The largest absolute Gasteiger partial charge is 0.493 e. The first kappa shape index (κ1) is 16.2. The fourth-order valence-electron chi connectivity index (χ4n) is 2.65. The molecule has 1 atom stereocenters. The summed E-state index contributed by atoms with van der Waals surface area (Å²) in [6.07, 6.45) is 2.49. The van der Waals surface area contributed by atoms with Gasteiger partial charge in [0.05, 0.1) is 19.1 Å². The number of hydrogen-bond donors (Lipinski definition) is 1. The monoisotopic (exact) mass is 335 g/mol. The number of nitrogens with zero attached hydrogens (tertiary/aromatic N) is 1. The van der Waals surface area contributed by atoms with E-state index in [1.165, 1.54) is 12.8 Å². The van der Waals surface area contributed by atoms with Crippen molar-refractivity contribution in [2.24, 2.45) is 5.92 Å². The lowest BCUT2D eigenvalue weighted by molar-refractivity contribution is -0.138. The molecular weight excluding hydrogens is 314 g/mol. The average Bonchev–Trinajstić information content (AvgIpc) is 3.37. The number of carboxylic acid groups (broad SMARTS) is 1. The highest BCUT2D eigenvalue weighted by Gasteiger charge is 2.29. The molecule has 0 aromatic heterocycles. The van der Waals surface area contributed by atoms with E-state index in [9.17, 15) is 9.59 Å². The molecule has 0 bridgehead atoms. The maximum Gasteiger partial charge on any atom is 0.305 e. The second-order valence-electron chi connectivity index (χ2n) is 6.10. The van der Waals surface area contributed by atoms with Crippen LogP contribution in [0, 0.1) is 5.92 Å². The quantitative estimate of drug-likeness (QED) is 0.865. The van der Waals surface area contributed by atoms with E-state index in [0.717, 1.165) is 18.1 Å².